The van der Waals surface area contributed by atoms with Crippen molar-refractivity contribution in [3.05, 3.63) is 108 Å². The van der Waals surface area contributed by atoms with Gasteiger partial charge in [-0.3, -0.25) is 0 Å². The first-order valence-corrected chi connectivity index (χ1v) is 10.8. The molecular weight excluding hydrogens is 388 g/mol. The highest BCUT2D eigenvalue weighted by atomic mass is 14.6. The molecule has 0 bridgehead atoms. The van der Waals surface area contributed by atoms with Gasteiger partial charge in [-0.15, -0.1) is 0 Å². The van der Waals surface area contributed by atoms with Crippen LogP contribution in [0.1, 0.15) is 11.1 Å². The first kappa shape index (κ1) is 18.5. The first-order chi connectivity index (χ1) is 15.7. The summed E-state index contributed by atoms with van der Waals surface area (Å²) in [5.41, 5.74) is 19.1. The topological polar surface area (TPSA) is 52.0 Å². The van der Waals surface area contributed by atoms with E-state index < -0.39 is 0 Å². The van der Waals surface area contributed by atoms with Crippen molar-refractivity contribution in [1.82, 2.24) is 0 Å². The van der Waals surface area contributed by atoms with E-state index in [9.17, 15) is 0 Å². The van der Waals surface area contributed by atoms with Crippen LogP contribution in [0.2, 0.25) is 0 Å². The van der Waals surface area contributed by atoms with Gasteiger partial charge in [-0.25, -0.2) is 0 Å². The lowest BCUT2D eigenvalue weighted by molar-refractivity contribution is 1.62. The highest BCUT2D eigenvalue weighted by Crippen LogP contribution is 2.43. The molecule has 0 saturated heterocycles. The van der Waals surface area contributed by atoms with Crippen LogP contribution in [0.3, 0.4) is 0 Å². The molecule has 0 fully saturated rings. The normalized spacial score (nSPS) is 11.9. The largest absolute Gasteiger partial charge is 0.398 e. The average molecular weight is 411 g/mol. The van der Waals surface area contributed by atoms with Gasteiger partial charge < -0.3 is 11.5 Å². The second-order valence-electron chi connectivity index (χ2n) is 8.28. The third-order valence-corrected chi connectivity index (χ3v) is 6.34. The fourth-order valence-corrected chi connectivity index (χ4v) is 4.72. The Morgan fingerprint density at radius 1 is 0.500 bits per heavy atom. The Balaban J connectivity index is 1.50. The number of hydrogen-bond donors (Lipinski definition) is 2. The molecule has 0 aliphatic rings. The summed E-state index contributed by atoms with van der Waals surface area (Å²) >= 11 is 0. The van der Waals surface area contributed by atoms with Gasteiger partial charge in [0.2, 0.25) is 0 Å². The zero-order valence-electron chi connectivity index (χ0n) is 17.5. The fraction of sp³-hybridized carbons (Fsp3) is 0. The van der Waals surface area contributed by atoms with E-state index >= 15 is 0 Å². The first-order valence-electron chi connectivity index (χ1n) is 10.8. The van der Waals surface area contributed by atoms with Gasteiger partial charge in [-0.05, 0) is 50.5 Å². The van der Waals surface area contributed by atoms with Crippen molar-refractivity contribution in [2.45, 2.75) is 0 Å². The van der Waals surface area contributed by atoms with Crippen molar-refractivity contribution < 1.29 is 0 Å². The Labute approximate surface area is 186 Å². The molecule has 2 nitrogen and oxygen atoms in total. The monoisotopic (exact) mass is 410 g/mol. The lowest BCUT2D eigenvalue weighted by Crippen LogP contribution is -1.95. The van der Waals surface area contributed by atoms with E-state index in [0.717, 1.165) is 38.8 Å². The Kier molecular flexibility index (Phi) is 4.12. The maximum absolute atomic E-state index is 6.54. The number of nitrogens with two attached hydrogens (primary N) is 2. The number of hydrogen-bond acceptors (Lipinski definition) is 2. The highest BCUT2D eigenvalue weighted by Gasteiger charge is 2.15. The summed E-state index contributed by atoms with van der Waals surface area (Å²) in [6.45, 7) is 0. The van der Waals surface area contributed by atoms with E-state index in [1.807, 2.05) is 12.1 Å². The van der Waals surface area contributed by atoms with Crippen LogP contribution < -0.4 is 11.5 Å². The van der Waals surface area contributed by atoms with Gasteiger partial charge in [0.15, 0.2) is 0 Å². The molecule has 6 aromatic rings. The van der Waals surface area contributed by atoms with E-state index in [-0.39, 0.29) is 0 Å². The summed E-state index contributed by atoms with van der Waals surface area (Å²) in [5.74, 6) is 0. The van der Waals surface area contributed by atoms with Crippen LogP contribution in [0.15, 0.2) is 97.1 Å². The maximum Gasteiger partial charge on any atom is 0.0400 e. The number of benzene rings is 6. The van der Waals surface area contributed by atoms with E-state index in [4.69, 9.17) is 11.5 Å². The Morgan fingerprint density at radius 3 is 1.91 bits per heavy atom. The molecular formula is C30H22N2. The molecule has 0 saturated carbocycles. The van der Waals surface area contributed by atoms with Crippen LogP contribution in [0.25, 0.3) is 55.6 Å². The fourth-order valence-electron chi connectivity index (χ4n) is 4.72. The van der Waals surface area contributed by atoms with Crippen molar-refractivity contribution in [2.24, 2.45) is 0 Å². The standard InChI is InChI=1S/C30H22N2/c31-27-17-13-22-12-14-25-28(32)18-26(23-15-16-24(27)29(22)30(23)25)21-10-8-20(9-11-21)7-6-19-4-2-1-3-5-19/h1-18H,31-32H2. The van der Waals surface area contributed by atoms with Crippen LogP contribution in [0.4, 0.5) is 11.4 Å². The Bertz CT molecular complexity index is 1610. The molecule has 6 rings (SSSR count). The minimum absolute atomic E-state index is 0.789. The molecule has 0 unspecified atom stereocenters. The van der Waals surface area contributed by atoms with Crippen molar-refractivity contribution in [1.29, 1.82) is 0 Å². The average Bonchev–Trinajstić information content (AvgIpc) is 2.84. The zero-order valence-corrected chi connectivity index (χ0v) is 17.5. The van der Waals surface area contributed by atoms with Gasteiger partial charge in [-0.2, -0.15) is 0 Å². The summed E-state index contributed by atoms with van der Waals surface area (Å²) in [5, 5.41) is 6.93. The summed E-state index contributed by atoms with van der Waals surface area (Å²) in [6.07, 6.45) is 4.27. The van der Waals surface area contributed by atoms with Crippen LogP contribution in [-0.2, 0) is 0 Å². The van der Waals surface area contributed by atoms with Gasteiger partial charge in [0.1, 0.15) is 0 Å². The van der Waals surface area contributed by atoms with Gasteiger partial charge in [0.25, 0.3) is 0 Å². The molecule has 0 aliphatic heterocycles. The van der Waals surface area contributed by atoms with Crippen molar-refractivity contribution in [2.75, 3.05) is 11.5 Å². The summed E-state index contributed by atoms with van der Waals surface area (Å²) in [6, 6.07) is 33.7. The zero-order chi connectivity index (χ0) is 21.7. The summed E-state index contributed by atoms with van der Waals surface area (Å²) < 4.78 is 0. The number of nitrogen functional groups attached to an aromatic ring is 2. The van der Waals surface area contributed by atoms with Crippen LogP contribution in [-0.4, -0.2) is 0 Å². The number of anilines is 2. The predicted octanol–water partition coefficient (Wildman–Crippen LogP) is 7.59. The summed E-state index contributed by atoms with van der Waals surface area (Å²) in [4.78, 5) is 0. The third-order valence-electron chi connectivity index (χ3n) is 6.34. The molecule has 6 aromatic carbocycles. The molecule has 0 amide bonds. The minimum Gasteiger partial charge on any atom is -0.398 e. The van der Waals surface area contributed by atoms with Crippen molar-refractivity contribution in [3.8, 4) is 11.1 Å². The maximum atomic E-state index is 6.54. The van der Waals surface area contributed by atoms with E-state index in [1.165, 1.54) is 27.1 Å². The van der Waals surface area contributed by atoms with Gasteiger partial charge >= 0.3 is 0 Å². The molecule has 0 heterocycles. The van der Waals surface area contributed by atoms with Crippen LogP contribution in [0.5, 0.6) is 0 Å². The van der Waals surface area contributed by atoms with Gasteiger partial charge in [0.05, 0.1) is 0 Å². The summed E-state index contributed by atoms with van der Waals surface area (Å²) in [7, 11) is 0. The Hall–Kier alpha value is -4.30. The molecule has 2 heteroatoms. The van der Waals surface area contributed by atoms with Gasteiger partial charge in [0, 0.05) is 27.5 Å². The molecule has 0 aliphatic carbocycles. The molecule has 32 heavy (non-hydrogen) atoms. The van der Waals surface area contributed by atoms with Crippen molar-refractivity contribution >= 4 is 55.8 Å². The molecule has 0 spiro atoms. The SMILES string of the molecule is Nc1ccc2ccc3c(N)cc(-c4ccc(C=Cc5ccccc5)cc4)c4ccc1c2c34. The molecule has 0 aromatic heterocycles. The number of rotatable bonds is 3. The molecule has 152 valence electrons. The minimum atomic E-state index is 0.789. The van der Waals surface area contributed by atoms with Crippen LogP contribution in [0, 0.1) is 0 Å². The Morgan fingerprint density at radius 2 is 1.12 bits per heavy atom. The lowest BCUT2D eigenvalue weighted by Gasteiger charge is -2.17. The van der Waals surface area contributed by atoms with E-state index in [1.54, 1.807) is 0 Å². The molecule has 4 N–H and O–H groups in total. The predicted molar refractivity (Wildman–Crippen MR) is 140 cm³/mol. The van der Waals surface area contributed by atoms with Gasteiger partial charge in [-0.1, -0.05) is 97.1 Å². The quantitative estimate of drug-likeness (QED) is 0.179. The smallest absolute Gasteiger partial charge is 0.0400 e. The molecule has 0 radical (unpaired) electrons. The second kappa shape index (κ2) is 7.14. The van der Waals surface area contributed by atoms with Crippen molar-refractivity contribution in [3.63, 3.8) is 0 Å². The second-order valence-corrected chi connectivity index (χ2v) is 8.28. The van der Waals surface area contributed by atoms with Crippen LogP contribution >= 0.6 is 0 Å². The molecule has 0 atom stereocenters. The highest BCUT2D eigenvalue weighted by molar-refractivity contribution is 6.29. The third kappa shape index (κ3) is 2.89. The van der Waals surface area contributed by atoms with E-state index in [0.29, 0.717) is 0 Å². The van der Waals surface area contributed by atoms with E-state index in [2.05, 4.69) is 97.1 Å². The lowest BCUT2D eigenvalue weighted by atomic mass is 9.88.